The van der Waals surface area contributed by atoms with E-state index >= 15 is 8.90 Å². The van der Waals surface area contributed by atoms with Crippen LogP contribution >= 0.6 is 0 Å². The summed E-state index contributed by atoms with van der Waals surface area (Å²) < 4.78 is 29.3. The van der Waals surface area contributed by atoms with Gasteiger partial charge in [-0.25, -0.2) is 0 Å². The van der Waals surface area contributed by atoms with Gasteiger partial charge in [0.25, 0.3) is 5.91 Å². The number of amides is 3. The molecule has 0 saturated carbocycles. The van der Waals surface area contributed by atoms with Crippen molar-refractivity contribution in [1.82, 2.24) is 10.2 Å². The molecule has 4 aromatic carbocycles. The third kappa shape index (κ3) is 7.91. The third-order valence-electron chi connectivity index (χ3n) is 13.2. The van der Waals surface area contributed by atoms with Crippen LogP contribution < -0.4 is 19.9 Å². The molecule has 1 spiro atoms. The summed E-state index contributed by atoms with van der Waals surface area (Å²) in [5.41, 5.74) is 4.61. The molecule has 61 heavy (non-hydrogen) atoms. The quantitative estimate of drug-likeness (QED) is 0.0727. The number of ether oxygens (including phenoxy) is 2. The molecule has 11 nitrogen and oxygen atoms in total. The zero-order valence-corrected chi connectivity index (χ0v) is 36.5. The van der Waals surface area contributed by atoms with Crippen molar-refractivity contribution in [2.45, 2.75) is 101 Å². The number of nitrogens with one attached hydrogen (secondary N) is 1. The standard InChI is InChI=1S/C48H57FN4O7Si/c1-5-59-38-20-21-41-35(25-38)26-40(50-22-10-11-23-54)46(57)53(41)36-18-16-32(17-19-36)28-52-42-15-9-8-14-39(42)48(47(52)58)31(2)45(61(3,4)49)43(60-48)27-44(56)51-29-34-13-7-6-12-33(34)24-37(51)30-55/h6-9,12-21,25,31,37,40,43,45,50,54-55H,5,10-11,22-24,26-30H2,1-4H3/t31-,37-,40?,43+,45-,48+/m0/s1. The molecule has 0 aromatic heterocycles. The van der Waals surface area contributed by atoms with Crippen LogP contribution in [0.4, 0.5) is 21.2 Å². The lowest BCUT2D eigenvalue weighted by molar-refractivity contribution is -0.151. The van der Waals surface area contributed by atoms with Crippen molar-refractivity contribution in [1.29, 1.82) is 0 Å². The summed E-state index contributed by atoms with van der Waals surface area (Å²) in [6.45, 7) is 8.67. The van der Waals surface area contributed by atoms with Crippen LogP contribution in [0.1, 0.15) is 60.9 Å². The number of fused-ring (bicyclic) bond motifs is 4. The maximum Gasteiger partial charge on any atom is 0.264 e. The number of anilines is 3. The fourth-order valence-corrected chi connectivity index (χ4v) is 12.8. The van der Waals surface area contributed by atoms with Gasteiger partial charge in [0, 0.05) is 35.9 Å². The van der Waals surface area contributed by atoms with E-state index in [9.17, 15) is 19.8 Å². The summed E-state index contributed by atoms with van der Waals surface area (Å²) in [4.78, 5) is 48.5. The zero-order chi connectivity index (χ0) is 43.1. The first-order chi connectivity index (χ1) is 29.4. The fourth-order valence-electron chi connectivity index (χ4n) is 10.3. The van der Waals surface area contributed by atoms with E-state index in [0.717, 1.165) is 40.1 Å². The van der Waals surface area contributed by atoms with Crippen molar-refractivity contribution >= 4 is 43.2 Å². The Labute approximate surface area is 358 Å². The molecule has 0 radical (unpaired) electrons. The van der Waals surface area contributed by atoms with Crippen LogP contribution in [0.15, 0.2) is 91.0 Å². The van der Waals surface area contributed by atoms with E-state index in [2.05, 4.69) is 5.32 Å². The van der Waals surface area contributed by atoms with E-state index in [4.69, 9.17) is 9.47 Å². The number of hydrogen-bond acceptors (Lipinski definition) is 8. The van der Waals surface area contributed by atoms with Gasteiger partial charge in [-0.05, 0) is 111 Å². The molecule has 6 atom stereocenters. The second-order valence-electron chi connectivity index (χ2n) is 17.4. The first kappa shape index (κ1) is 42.8. The topological polar surface area (TPSA) is 132 Å². The highest BCUT2D eigenvalue weighted by molar-refractivity contribution is 6.72. The molecular weight excluding hydrogens is 792 g/mol. The molecule has 4 heterocycles. The Morgan fingerprint density at radius 3 is 2.39 bits per heavy atom. The first-order valence-corrected chi connectivity index (χ1v) is 24.6. The molecule has 322 valence electrons. The molecule has 1 saturated heterocycles. The Morgan fingerprint density at radius 2 is 1.67 bits per heavy atom. The third-order valence-corrected chi connectivity index (χ3v) is 15.6. The molecule has 0 aliphatic carbocycles. The molecule has 3 N–H and O–H groups in total. The summed E-state index contributed by atoms with van der Waals surface area (Å²) in [5.74, 6) is -0.416. The van der Waals surface area contributed by atoms with E-state index in [-0.39, 0.29) is 43.9 Å². The Hall–Kier alpha value is -4.92. The molecule has 1 fully saturated rings. The molecule has 8 rings (SSSR count). The average molecular weight is 849 g/mol. The molecule has 1 unspecified atom stereocenters. The van der Waals surface area contributed by atoms with Crippen LogP contribution in [0, 0.1) is 5.92 Å². The second kappa shape index (κ2) is 17.4. The van der Waals surface area contributed by atoms with E-state index in [1.165, 1.54) is 0 Å². The number of unbranched alkanes of at least 4 members (excludes halogenated alkanes) is 1. The first-order valence-electron chi connectivity index (χ1n) is 21.7. The SMILES string of the molecule is CCOc1ccc2c(c1)CC(NCCCCO)C(=O)N2c1ccc(CN2C(=O)[C@]3(O[C@H](CC(=O)N4Cc5ccccc5C[C@H]4CO)[C@@H]([Si](C)(C)F)[C@@H]3C)c3ccccc32)cc1. The van der Waals surface area contributed by atoms with Crippen molar-refractivity contribution in [3.05, 3.63) is 119 Å². The smallest absolute Gasteiger partial charge is 0.264 e. The lowest BCUT2D eigenvalue weighted by Gasteiger charge is -2.37. The lowest BCUT2D eigenvalue weighted by Crippen LogP contribution is -2.49. The Morgan fingerprint density at radius 1 is 0.934 bits per heavy atom. The van der Waals surface area contributed by atoms with Crippen LogP contribution in [-0.4, -0.2) is 85.8 Å². The van der Waals surface area contributed by atoms with Crippen LogP contribution in [0.5, 0.6) is 5.75 Å². The largest absolute Gasteiger partial charge is 0.494 e. The zero-order valence-electron chi connectivity index (χ0n) is 35.5. The minimum atomic E-state index is -3.54. The van der Waals surface area contributed by atoms with Gasteiger partial charge in [0.05, 0.1) is 55.7 Å². The monoisotopic (exact) mass is 848 g/mol. The van der Waals surface area contributed by atoms with Crippen molar-refractivity contribution in [3.8, 4) is 5.75 Å². The summed E-state index contributed by atoms with van der Waals surface area (Å²) in [7, 11) is -3.54. The molecule has 0 bridgehead atoms. The molecule has 3 amide bonds. The van der Waals surface area contributed by atoms with Gasteiger partial charge in [0.15, 0.2) is 5.60 Å². The number of para-hydroxylation sites is 1. The second-order valence-corrected chi connectivity index (χ2v) is 21.2. The van der Waals surface area contributed by atoms with E-state index < -0.39 is 43.7 Å². The van der Waals surface area contributed by atoms with Crippen molar-refractivity contribution in [2.75, 3.05) is 36.2 Å². The van der Waals surface area contributed by atoms with Gasteiger partial charge < -0.3 is 38.9 Å². The van der Waals surface area contributed by atoms with E-state index in [0.29, 0.717) is 55.9 Å². The summed E-state index contributed by atoms with van der Waals surface area (Å²) in [6.07, 6.45) is 1.49. The van der Waals surface area contributed by atoms with Crippen LogP contribution in [0.2, 0.25) is 18.6 Å². The van der Waals surface area contributed by atoms with Gasteiger partial charge in [-0.15, -0.1) is 0 Å². The number of halogens is 1. The predicted molar refractivity (Wildman–Crippen MR) is 235 cm³/mol. The highest BCUT2D eigenvalue weighted by Crippen LogP contribution is 2.60. The molecule has 4 aliphatic rings. The number of rotatable bonds is 14. The van der Waals surface area contributed by atoms with Crippen LogP contribution in [-0.2, 0) is 50.7 Å². The summed E-state index contributed by atoms with van der Waals surface area (Å²) >= 11 is 0. The van der Waals surface area contributed by atoms with Gasteiger partial charge in [-0.2, -0.15) is 0 Å². The number of aliphatic hydroxyl groups excluding tert-OH is 2. The van der Waals surface area contributed by atoms with Gasteiger partial charge in [-0.3, -0.25) is 19.3 Å². The van der Waals surface area contributed by atoms with Crippen LogP contribution in [0.25, 0.3) is 0 Å². The number of nitrogens with zero attached hydrogens (tertiary/aromatic N) is 3. The molecule has 13 heteroatoms. The van der Waals surface area contributed by atoms with E-state index in [1.807, 2.05) is 105 Å². The molecule has 4 aromatic rings. The highest BCUT2D eigenvalue weighted by Gasteiger charge is 2.67. The number of carbonyl (C=O) groups excluding carboxylic acids is 3. The lowest BCUT2D eigenvalue weighted by atomic mass is 9.82. The van der Waals surface area contributed by atoms with Gasteiger partial charge in [0.2, 0.25) is 20.2 Å². The molecular formula is C48H57FN4O7Si. The van der Waals surface area contributed by atoms with Crippen molar-refractivity contribution in [2.24, 2.45) is 5.92 Å². The Bertz CT molecular complexity index is 2270. The van der Waals surface area contributed by atoms with Crippen molar-refractivity contribution < 1.29 is 38.2 Å². The summed E-state index contributed by atoms with van der Waals surface area (Å²) in [6, 6.07) is 28.0. The Kier molecular flexibility index (Phi) is 12.2. The normalized spacial score (nSPS) is 24.6. The maximum atomic E-state index is 16.6. The number of carbonyl (C=O) groups is 3. The number of benzene rings is 4. The van der Waals surface area contributed by atoms with Gasteiger partial charge in [-0.1, -0.05) is 61.5 Å². The summed E-state index contributed by atoms with van der Waals surface area (Å²) in [5, 5.41) is 23.0. The minimum Gasteiger partial charge on any atom is -0.494 e. The average Bonchev–Trinajstić information content (AvgIpc) is 3.68. The predicted octanol–water partition coefficient (Wildman–Crippen LogP) is 6.69. The Balaban J connectivity index is 1.05. The highest BCUT2D eigenvalue weighted by atomic mass is 28.4. The van der Waals surface area contributed by atoms with Crippen molar-refractivity contribution in [3.63, 3.8) is 0 Å². The van der Waals surface area contributed by atoms with Gasteiger partial charge in [0.1, 0.15) is 5.75 Å². The van der Waals surface area contributed by atoms with E-state index in [1.54, 1.807) is 27.8 Å². The van der Waals surface area contributed by atoms with Crippen LogP contribution in [0.3, 0.4) is 0 Å². The number of hydrogen-bond donors (Lipinski definition) is 3. The minimum absolute atomic E-state index is 0.0784. The van der Waals surface area contributed by atoms with Gasteiger partial charge >= 0.3 is 0 Å². The molecule has 4 aliphatic heterocycles. The maximum absolute atomic E-state index is 16.6. The number of aliphatic hydroxyl groups is 2. The fraction of sp³-hybridized carbons (Fsp3) is 0.438.